The maximum absolute atomic E-state index is 10.0. The van der Waals surface area contributed by atoms with E-state index in [1.54, 1.807) is 25.7 Å². The molecule has 4 atom stereocenters. The normalized spacial score (nSPS) is 23.8. The van der Waals surface area contributed by atoms with Gasteiger partial charge < -0.3 is 30.5 Å². The van der Waals surface area contributed by atoms with Gasteiger partial charge in [0.1, 0.15) is 18.0 Å². The molecule has 9 heteroatoms. The zero-order valence-corrected chi connectivity index (χ0v) is 18.5. The molecule has 1 aromatic carbocycles. The average Bonchev–Trinajstić information content (AvgIpc) is 2.82. The number of rotatable bonds is 11. The zero-order valence-electron chi connectivity index (χ0n) is 18.5. The van der Waals surface area contributed by atoms with E-state index in [4.69, 9.17) is 4.74 Å². The molecule has 2 heterocycles. The number of nitrogens with one attached hydrogen (secondary N) is 1. The van der Waals surface area contributed by atoms with Gasteiger partial charge >= 0.3 is 0 Å². The maximum atomic E-state index is 10.0. The van der Waals surface area contributed by atoms with Gasteiger partial charge in [0.15, 0.2) is 0 Å². The molecule has 3 rings (SSSR count). The smallest absolute Gasteiger partial charge is 0.142 e. The second-order valence-corrected chi connectivity index (χ2v) is 8.14. The van der Waals surface area contributed by atoms with Gasteiger partial charge in [-0.1, -0.05) is 18.9 Å². The molecule has 1 aliphatic heterocycles. The number of methoxy groups -OCH3 is 1. The van der Waals surface area contributed by atoms with Crippen LogP contribution < -0.4 is 10.1 Å². The lowest BCUT2D eigenvalue weighted by molar-refractivity contribution is -0.145. The summed E-state index contributed by atoms with van der Waals surface area (Å²) in [6.45, 7) is 1.49. The number of likely N-dealkylation sites (tertiary alicyclic amines) is 1. The minimum atomic E-state index is -1.21. The minimum Gasteiger partial charge on any atom is -0.495 e. The van der Waals surface area contributed by atoms with Gasteiger partial charge in [-0.25, -0.2) is 0 Å². The first-order chi connectivity index (χ1) is 15.5. The highest BCUT2D eigenvalue weighted by atomic mass is 16.5. The monoisotopic (exact) mass is 446 g/mol. The predicted octanol–water partition coefficient (Wildman–Crippen LogP) is 0.884. The Bertz CT molecular complexity index is 825. The highest BCUT2D eigenvalue weighted by molar-refractivity contribution is 5.68. The first kappa shape index (κ1) is 24.3. The van der Waals surface area contributed by atoms with Crippen molar-refractivity contribution in [3.63, 3.8) is 0 Å². The van der Waals surface area contributed by atoms with Crippen molar-refractivity contribution in [2.45, 2.75) is 50.0 Å². The van der Waals surface area contributed by atoms with E-state index in [0.717, 1.165) is 54.9 Å². The van der Waals surface area contributed by atoms with Crippen LogP contribution in [-0.4, -0.2) is 93.0 Å². The Balaban J connectivity index is 1.38. The fourth-order valence-corrected chi connectivity index (χ4v) is 4.10. The van der Waals surface area contributed by atoms with E-state index in [-0.39, 0.29) is 13.2 Å². The summed E-state index contributed by atoms with van der Waals surface area (Å²) >= 11 is 0. The summed E-state index contributed by atoms with van der Waals surface area (Å²) in [5.74, 6) is 0.757. The topological polar surface area (TPSA) is 131 Å². The van der Waals surface area contributed by atoms with Crippen LogP contribution in [0.4, 0.5) is 5.69 Å². The van der Waals surface area contributed by atoms with E-state index in [2.05, 4.69) is 15.3 Å². The van der Waals surface area contributed by atoms with E-state index in [1.165, 1.54) is 0 Å². The fourth-order valence-electron chi connectivity index (χ4n) is 4.10. The van der Waals surface area contributed by atoms with Crippen LogP contribution in [0, 0.1) is 0 Å². The number of aromatic nitrogens is 2. The third-order valence-corrected chi connectivity index (χ3v) is 5.96. The molecule has 9 nitrogen and oxygen atoms in total. The number of hydrogen-bond acceptors (Lipinski definition) is 9. The number of aliphatic hydroxyl groups is 4. The number of benzene rings is 1. The van der Waals surface area contributed by atoms with Crippen molar-refractivity contribution in [2.75, 3.05) is 38.7 Å². The highest BCUT2D eigenvalue weighted by Gasteiger charge is 2.40. The Morgan fingerprint density at radius 1 is 1.09 bits per heavy atom. The van der Waals surface area contributed by atoms with Gasteiger partial charge in [-0.05, 0) is 31.5 Å². The molecular formula is C23H34N4O5. The summed E-state index contributed by atoms with van der Waals surface area (Å²) in [6.07, 6.45) is 5.59. The average molecular weight is 447 g/mol. The van der Waals surface area contributed by atoms with Crippen LogP contribution in [0.1, 0.15) is 25.7 Å². The lowest BCUT2D eigenvalue weighted by Gasteiger charge is -2.43. The molecule has 32 heavy (non-hydrogen) atoms. The van der Waals surface area contributed by atoms with Crippen LogP contribution in [-0.2, 0) is 0 Å². The number of unbranched alkanes of at least 4 members (excludes halogenated alkanes) is 3. The van der Waals surface area contributed by atoms with Crippen molar-refractivity contribution in [3.8, 4) is 17.0 Å². The summed E-state index contributed by atoms with van der Waals surface area (Å²) in [7, 11) is 1.65. The number of ether oxygens (including phenoxy) is 1. The van der Waals surface area contributed by atoms with Crippen LogP contribution in [0.25, 0.3) is 11.3 Å². The molecule has 1 aromatic heterocycles. The molecule has 0 aliphatic carbocycles. The number of piperidine rings is 1. The van der Waals surface area contributed by atoms with E-state index in [9.17, 15) is 20.4 Å². The second-order valence-electron chi connectivity index (χ2n) is 8.14. The molecule has 0 amide bonds. The number of anilines is 1. The highest BCUT2D eigenvalue weighted by Crippen LogP contribution is 2.29. The van der Waals surface area contributed by atoms with E-state index in [0.29, 0.717) is 6.54 Å². The van der Waals surface area contributed by atoms with Crippen LogP contribution in [0.2, 0.25) is 0 Å². The number of aliphatic hydroxyl groups excluding tert-OH is 4. The summed E-state index contributed by atoms with van der Waals surface area (Å²) in [5, 5.41) is 42.6. The Kier molecular flexibility index (Phi) is 9.19. The number of β-amino-alcohol motifs (C(OH)–C–C–N with tert-alkyl or cyclic N) is 1. The van der Waals surface area contributed by atoms with Gasteiger partial charge in [0.05, 0.1) is 43.4 Å². The number of hydrogen-bond donors (Lipinski definition) is 5. The molecule has 1 fully saturated rings. The van der Waals surface area contributed by atoms with Crippen LogP contribution in [0.15, 0.2) is 36.8 Å². The molecule has 0 unspecified atom stereocenters. The van der Waals surface area contributed by atoms with Gasteiger partial charge in [0.25, 0.3) is 0 Å². The van der Waals surface area contributed by atoms with Crippen LogP contribution in [0.5, 0.6) is 5.75 Å². The lowest BCUT2D eigenvalue weighted by Crippen LogP contribution is -2.62. The van der Waals surface area contributed by atoms with E-state index in [1.807, 2.05) is 23.1 Å². The molecule has 0 radical (unpaired) electrons. The fraction of sp³-hybridized carbons (Fsp3) is 0.565. The van der Waals surface area contributed by atoms with Crippen LogP contribution >= 0.6 is 0 Å². The van der Waals surface area contributed by atoms with Gasteiger partial charge in [-0.2, -0.15) is 0 Å². The minimum absolute atomic E-state index is 0.244. The van der Waals surface area contributed by atoms with Crippen LogP contribution in [0.3, 0.4) is 0 Å². The zero-order chi connectivity index (χ0) is 22.9. The van der Waals surface area contributed by atoms with Crippen molar-refractivity contribution >= 4 is 5.69 Å². The van der Waals surface area contributed by atoms with Crippen molar-refractivity contribution in [1.29, 1.82) is 0 Å². The van der Waals surface area contributed by atoms with Gasteiger partial charge in [0.2, 0.25) is 0 Å². The van der Waals surface area contributed by atoms with E-state index >= 15 is 0 Å². The Labute approximate surface area is 188 Å². The number of nitrogens with zero attached hydrogens (tertiary/aromatic N) is 3. The summed E-state index contributed by atoms with van der Waals surface area (Å²) in [5.41, 5.74) is 2.67. The molecule has 0 saturated carbocycles. The second kappa shape index (κ2) is 12.1. The Hall–Kier alpha value is -2.30. The molecule has 1 saturated heterocycles. The summed E-state index contributed by atoms with van der Waals surface area (Å²) in [6, 6.07) is 5.39. The largest absolute Gasteiger partial charge is 0.495 e. The van der Waals surface area contributed by atoms with Gasteiger partial charge in [0, 0.05) is 31.0 Å². The van der Waals surface area contributed by atoms with Crippen molar-refractivity contribution < 1.29 is 25.2 Å². The first-order valence-corrected chi connectivity index (χ1v) is 11.1. The Morgan fingerprint density at radius 2 is 1.91 bits per heavy atom. The van der Waals surface area contributed by atoms with Crippen molar-refractivity contribution in [3.05, 3.63) is 36.8 Å². The van der Waals surface area contributed by atoms with E-state index < -0.39 is 24.4 Å². The molecule has 1 aliphatic rings. The molecule has 0 bridgehead atoms. The molecule has 2 aromatic rings. The van der Waals surface area contributed by atoms with Crippen molar-refractivity contribution in [1.82, 2.24) is 14.9 Å². The molecule has 5 N–H and O–H groups in total. The SMILES string of the molecule is COc1cc(-c2cnccn2)ccc1NCCCCCCN1C[C@H](O)[C@@H](O)[C@H](O)[C@H]1CO. The molecule has 176 valence electrons. The van der Waals surface area contributed by atoms with Crippen molar-refractivity contribution in [2.24, 2.45) is 0 Å². The lowest BCUT2D eigenvalue weighted by atomic mass is 9.94. The summed E-state index contributed by atoms with van der Waals surface area (Å²) in [4.78, 5) is 10.3. The standard InChI is InChI=1S/C23H34N4O5/c1-32-21-12-16(18-13-24-9-10-26-18)6-7-17(21)25-8-4-2-3-5-11-27-14-20(29)23(31)22(30)19(27)15-28/h6-7,9-10,12-13,19-20,22-23,25,28-31H,2-5,8,11,14-15H2,1H3/t19-,20+,22-,23-/m1/s1. The molecular weight excluding hydrogens is 412 g/mol. The maximum Gasteiger partial charge on any atom is 0.142 e. The first-order valence-electron chi connectivity index (χ1n) is 11.1. The quantitative estimate of drug-likeness (QED) is 0.319. The van der Waals surface area contributed by atoms with Gasteiger partial charge in [-0.3, -0.25) is 14.9 Å². The predicted molar refractivity (Wildman–Crippen MR) is 121 cm³/mol. The summed E-state index contributed by atoms with van der Waals surface area (Å²) < 4.78 is 5.52. The third kappa shape index (κ3) is 6.14. The van der Waals surface area contributed by atoms with Gasteiger partial charge in [-0.15, -0.1) is 0 Å². The third-order valence-electron chi connectivity index (χ3n) is 5.96. The molecule has 0 spiro atoms. The Morgan fingerprint density at radius 3 is 2.62 bits per heavy atom.